The quantitative estimate of drug-likeness (QED) is 0.846. The summed E-state index contributed by atoms with van der Waals surface area (Å²) in [6.07, 6.45) is 0.149. The van der Waals surface area contributed by atoms with E-state index in [9.17, 15) is 14.4 Å². The van der Waals surface area contributed by atoms with Gasteiger partial charge in [-0.1, -0.05) is 24.3 Å². The van der Waals surface area contributed by atoms with Crippen molar-refractivity contribution in [1.82, 2.24) is 0 Å². The van der Waals surface area contributed by atoms with Crippen molar-refractivity contribution in [3.8, 4) is 0 Å². The number of carbonyl (C=O) groups is 3. The van der Waals surface area contributed by atoms with Crippen LogP contribution in [0.3, 0.4) is 0 Å². The molecule has 0 spiro atoms. The van der Waals surface area contributed by atoms with Gasteiger partial charge in [-0.05, 0) is 36.2 Å². The summed E-state index contributed by atoms with van der Waals surface area (Å²) >= 11 is 0. The molecule has 0 aromatic heterocycles. The van der Waals surface area contributed by atoms with E-state index < -0.39 is 11.9 Å². The van der Waals surface area contributed by atoms with Crippen LogP contribution in [-0.2, 0) is 20.7 Å². The molecule has 0 bridgehead atoms. The number of ether oxygens (including phenoxy) is 2. The van der Waals surface area contributed by atoms with E-state index >= 15 is 0 Å². The molecule has 0 unspecified atom stereocenters. The van der Waals surface area contributed by atoms with Gasteiger partial charge in [0.05, 0.1) is 37.5 Å². The van der Waals surface area contributed by atoms with Crippen molar-refractivity contribution in [3.63, 3.8) is 0 Å². The molecule has 0 aliphatic heterocycles. The summed E-state index contributed by atoms with van der Waals surface area (Å²) in [6.45, 7) is 1.92. The maximum atomic E-state index is 12.4. The number of hydrogen-bond donors (Lipinski definition) is 1. The summed E-state index contributed by atoms with van der Waals surface area (Å²) in [5.74, 6) is -1.48. The van der Waals surface area contributed by atoms with Gasteiger partial charge in [-0.15, -0.1) is 0 Å². The van der Waals surface area contributed by atoms with E-state index in [0.29, 0.717) is 0 Å². The third kappa shape index (κ3) is 4.44. The van der Waals surface area contributed by atoms with Gasteiger partial charge in [0, 0.05) is 0 Å². The van der Waals surface area contributed by atoms with Crippen LogP contribution in [0.1, 0.15) is 31.8 Å². The molecular formula is C19H19NO5. The van der Waals surface area contributed by atoms with Crippen molar-refractivity contribution in [2.75, 3.05) is 19.5 Å². The average molecular weight is 341 g/mol. The van der Waals surface area contributed by atoms with E-state index in [4.69, 9.17) is 4.74 Å². The standard InChI is InChI=1S/C19H19NO5/c1-12-6-4-5-7-13(12)11-17(21)20-16-10-14(18(22)24-2)8-9-15(16)19(23)25-3/h4-10H,11H2,1-3H3,(H,20,21). The van der Waals surface area contributed by atoms with Gasteiger partial charge in [-0.25, -0.2) is 9.59 Å². The van der Waals surface area contributed by atoms with Gasteiger partial charge in [0.2, 0.25) is 5.91 Å². The van der Waals surface area contributed by atoms with E-state index in [2.05, 4.69) is 10.1 Å². The van der Waals surface area contributed by atoms with Crippen LogP contribution in [0.15, 0.2) is 42.5 Å². The van der Waals surface area contributed by atoms with Crippen LogP contribution in [0.25, 0.3) is 0 Å². The third-order valence-corrected chi connectivity index (χ3v) is 3.73. The molecule has 0 atom stereocenters. The van der Waals surface area contributed by atoms with Gasteiger partial charge < -0.3 is 14.8 Å². The zero-order valence-corrected chi connectivity index (χ0v) is 14.3. The second-order valence-corrected chi connectivity index (χ2v) is 5.39. The van der Waals surface area contributed by atoms with Crippen molar-refractivity contribution in [3.05, 3.63) is 64.7 Å². The molecule has 25 heavy (non-hydrogen) atoms. The van der Waals surface area contributed by atoms with E-state index in [1.54, 1.807) is 0 Å². The Morgan fingerprint density at radius 3 is 2.28 bits per heavy atom. The fourth-order valence-corrected chi connectivity index (χ4v) is 2.36. The van der Waals surface area contributed by atoms with Crippen LogP contribution in [0.5, 0.6) is 0 Å². The number of benzene rings is 2. The zero-order chi connectivity index (χ0) is 18.4. The van der Waals surface area contributed by atoms with Gasteiger partial charge in [0.25, 0.3) is 0 Å². The minimum absolute atomic E-state index is 0.149. The van der Waals surface area contributed by atoms with Gasteiger partial charge >= 0.3 is 11.9 Å². The van der Waals surface area contributed by atoms with Crippen molar-refractivity contribution < 1.29 is 23.9 Å². The van der Waals surface area contributed by atoms with Gasteiger partial charge in [-0.2, -0.15) is 0 Å². The molecule has 2 aromatic rings. The largest absolute Gasteiger partial charge is 0.465 e. The molecule has 0 radical (unpaired) electrons. The maximum Gasteiger partial charge on any atom is 0.339 e. The highest BCUT2D eigenvalue weighted by Gasteiger charge is 2.17. The topological polar surface area (TPSA) is 81.7 Å². The Kier molecular flexibility index (Phi) is 5.89. The Bertz CT molecular complexity index is 813. The van der Waals surface area contributed by atoms with Crippen molar-refractivity contribution in [2.45, 2.75) is 13.3 Å². The first-order valence-electron chi connectivity index (χ1n) is 7.61. The predicted molar refractivity (Wildman–Crippen MR) is 92.6 cm³/mol. The lowest BCUT2D eigenvalue weighted by Crippen LogP contribution is -2.18. The Morgan fingerprint density at radius 2 is 1.64 bits per heavy atom. The Hall–Kier alpha value is -3.15. The average Bonchev–Trinajstić information content (AvgIpc) is 2.62. The first-order valence-corrected chi connectivity index (χ1v) is 7.61. The predicted octanol–water partition coefficient (Wildman–Crippen LogP) is 2.75. The summed E-state index contributed by atoms with van der Waals surface area (Å²) in [5.41, 5.74) is 2.46. The summed E-state index contributed by atoms with van der Waals surface area (Å²) in [7, 11) is 2.50. The highest BCUT2D eigenvalue weighted by molar-refractivity contribution is 6.03. The summed E-state index contributed by atoms with van der Waals surface area (Å²) < 4.78 is 9.38. The van der Waals surface area contributed by atoms with E-state index in [-0.39, 0.29) is 29.1 Å². The van der Waals surface area contributed by atoms with Gasteiger partial charge in [0.15, 0.2) is 0 Å². The summed E-state index contributed by atoms with van der Waals surface area (Å²) in [4.78, 5) is 35.9. The first kappa shape index (κ1) is 18.2. The number of rotatable bonds is 5. The van der Waals surface area contributed by atoms with Gasteiger partial charge in [0.1, 0.15) is 0 Å². The smallest absolute Gasteiger partial charge is 0.339 e. The molecule has 0 aliphatic rings. The summed E-state index contributed by atoms with van der Waals surface area (Å²) in [5, 5.41) is 2.67. The molecule has 0 aliphatic carbocycles. The number of amides is 1. The number of carbonyl (C=O) groups excluding carboxylic acids is 3. The van der Waals surface area contributed by atoms with E-state index in [1.807, 2.05) is 31.2 Å². The van der Waals surface area contributed by atoms with Crippen LogP contribution in [0, 0.1) is 6.92 Å². The molecule has 6 nitrogen and oxygen atoms in total. The molecule has 1 N–H and O–H groups in total. The fraction of sp³-hybridized carbons (Fsp3) is 0.211. The molecule has 1 amide bonds. The second-order valence-electron chi connectivity index (χ2n) is 5.39. The fourth-order valence-electron chi connectivity index (χ4n) is 2.36. The lowest BCUT2D eigenvalue weighted by molar-refractivity contribution is -0.115. The number of nitrogens with one attached hydrogen (secondary N) is 1. The van der Waals surface area contributed by atoms with E-state index in [1.165, 1.54) is 32.4 Å². The number of anilines is 1. The molecule has 0 saturated heterocycles. The maximum absolute atomic E-state index is 12.4. The first-order chi connectivity index (χ1) is 12.0. The third-order valence-electron chi connectivity index (χ3n) is 3.73. The lowest BCUT2D eigenvalue weighted by Gasteiger charge is -2.12. The minimum Gasteiger partial charge on any atom is -0.465 e. The normalized spacial score (nSPS) is 10.0. The van der Waals surface area contributed by atoms with Gasteiger partial charge in [-0.3, -0.25) is 4.79 Å². The number of methoxy groups -OCH3 is 2. The van der Waals surface area contributed by atoms with Crippen LogP contribution in [0.2, 0.25) is 0 Å². The highest BCUT2D eigenvalue weighted by atomic mass is 16.5. The van der Waals surface area contributed by atoms with Crippen LogP contribution in [-0.4, -0.2) is 32.1 Å². The molecule has 0 saturated carbocycles. The number of hydrogen-bond acceptors (Lipinski definition) is 5. The second kappa shape index (κ2) is 8.10. The summed E-state index contributed by atoms with van der Waals surface area (Å²) in [6, 6.07) is 11.8. The Labute approximate surface area is 145 Å². The molecule has 6 heteroatoms. The Balaban J connectivity index is 2.29. The molecule has 2 aromatic carbocycles. The molecule has 130 valence electrons. The van der Waals surface area contributed by atoms with E-state index in [0.717, 1.165) is 11.1 Å². The number of aryl methyl sites for hydroxylation is 1. The SMILES string of the molecule is COC(=O)c1ccc(C(=O)OC)c(NC(=O)Cc2ccccc2C)c1. The molecular weight excluding hydrogens is 322 g/mol. The van der Waals surface area contributed by atoms with Crippen molar-refractivity contribution >= 4 is 23.5 Å². The minimum atomic E-state index is -0.609. The Morgan fingerprint density at radius 1 is 0.960 bits per heavy atom. The van der Waals surface area contributed by atoms with Crippen LogP contribution in [0.4, 0.5) is 5.69 Å². The number of esters is 2. The zero-order valence-electron chi connectivity index (χ0n) is 14.3. The highest BCUT2D eigenvalue weighted by Crippen LogP contribution is 2.20. The lowest BCUT2D eigenvalue weighted by atomic mass is 10.0. The van der Waals surface area contributed by atoms with Crippen LogP contribution >= 0.6 is 0 Å². The monoisotopic (exact) mass is 341 g/mol. The molecule has 0 fully saturated rings. The molecule has 2 rings (SSSR count). The van der Waals surface area contributed by atoms with Crippen molar-refractivity contribution in [2.24, 2.45) is 0 Å². The van der Waals surface area contributed by atoms with Crippen LogP contribution < -0.4 is 5.32 Å². The molecule has 0 heterocycles. The van der Waals surface area contributed by atoms with Crippen molar-refractivity contribution in [1.29, 1.82) is 0 Å².